The number of rotatable bonds is 12. The molecule has 3 aromatic carbocycles. The van der Waals surface area contributed by atoms with Gasteiger partial charge in [0.1, 0.15) is 29.3 Å². The highest BCUT2D eigenvalue weighted by atomic mass is 32.2. The molecule has 0 radical (unpaired) electrons. The first-order valence-corrected chi connectivity index (χ1v) is 24.9. The van der Waals surface area contributed by atoms with Crippen LogP contribution in [0.2, 0.25) is 0 Å². The lowest BCUT2D eigenvalue weighted by atomic mass is 9.59. The number of anilines is 4. The second-order valence-electron chi connectivity index (χ2n) is 19.3. The van der Waals surface area contributed by atoms with Crippen molar-refractivity contribution in [3.05, 3.63) is 106 Å². The Morgan fingerprint density at radius 2 is 1.70 bits per heavy atom. The van der Waals surface area contributed by atoms with Crippen molar-refractivity contribution in [2.24, 2.45) is 5.41 Å². The van der Waals surface area contributed by atoms with Crippen molar-refractivity contribution in [3.63, 3.8) is 0 Å². The van der Waals surface area contributed by atoms with Gasteiger partial charge in [-0.05, 0) is 123 Å². The van der Waals surface area contributed by atoms with Crippen molar-refractivity contribution >= 4 is 55.4 Å². The van der Waals surface area contributed by atoms with Crippen molar-refractivity contribution in [2.45, 2.75) is 92.8 Å². The van der Waals surface area contributed by atoms with E-state index in [9.17, 15) is 23.3 Å². The fraction of sp³-hybridized carbons (Fsp3) is 0.469. The highest BCUT2D eigenvalue weighted by Crippen LogP contribution is 2.55. The number of benzene rings is 3. The summed E-state index contributed by atoms with van der Waals surface area (Å²) in [5.74, 6) is 0.219. The number of H-pyrrole nitrogens is 1. The highest BCUT2D eigenvalue weighted by molar-refractivity contribution is 7.90. The fourth-order valence-corrected chi connectivity index (χ4v) is 12.3. The van der Waals surface area contributed by atoms with Gasteiger partial charge in [0, 0.05) is 81.1 Å². The quantitative estimate of drug-likeness (QED) is 0.0805. The minimum Gasteiger partial charge on any atom is -0.474 e. The average Bonchev–Trinajstić information content (AvgIpc) is 3.87. The van der Waals surface area contributed by atoms with Crippen LogP contribution in [0, 0.1) is 15.5 Å². The minimum atomic E-state index is -4.63. The molecule has 2 saturated carbocycles. The number of nitrogens with zero attached hydrogens (tertiary/aromatic N) is 5. The van der Waals surface area contributed by atoms with Crippen LogP contribution >= 0.6 is 0 Å². The van der Waals surface area contributed by atoms with Gasteiger partial charge in [0.05, 0.1) is 27.6 Å². The van der Waals surface area contributed by atoms with Gasteiger partial charge in [0.15, 0.2) is 0 Å². The van der Waals surface area contributed by atoms with Gasteiger partial charge in [-0.3, -0.25) is 19.8 Å². The zero-order chi connectivity index (χ0) is 45.2. The standard InChI is InChI=1S/C49H55FN8O7S/c50-49(16-23-64-24-17-49)31-52-40-12-10-36(28-43(40)58(60)61)66(62,63)54-46(59)39-11-9-34(27-42(39)57-22-25-65-47-44(57)26-33-13-18-51-45(33)53-47)55-20-14-48(15-21-55)29-35(30-48)56-19-3-6-41(56)38-5-2-1-4-37(38)32-7-8-32/h1-2,4-5,9-13,18,26-28,32,35,41,52H,3,6-8,14-17,19-25,29-31H2,(H,51,53)(H,54,59). The Labute approximate surface area is 383 Å². The molecular weight excluding hydrogens is 864 g/mol. The van der Waals surface area contributed by atoms with Gasteiger partial charge in [-0.25, -0.2) is 17.5 Å². The molecule has 6 aliphatic rings. The molecular formula is C49H55FN8O7S. The summed E-state index contributed by atoms with van der Waals surface area (Å²) in [6.45, 7) is 3.79. The van der Waals surface area contributed by atoms with Crippen LogP contribution in [-0.2, 0) is 14.8 Å². The van der Waals surface area contributed by atoms with Crippen molar-refractivity contribution in [1.82, 2.24) is 19.6 Å². The van der Waals surface area contributed by atoms with Gasteiger partial charge in [0.2, 0.25) is 5.88 Å². The van der Waals surface area contributed by atoms with Gasteiger partial charge in [0.25, 0.3) is 21.6 Å². The van der Waals surface area contributed by atoms with Crippen LogP contribution in [0.25, 0.3) is 11.0 Å². The van der Waals surface area contributed by atoms with Crippen LogP contribution in [0.5, 0.6) is 5.88 Å². The van der Waals surface area contributed by atoms with Gasteiger partial charge < -0.3 is 29.6 Å². The first kappa shape index (κ1) is 42.8. The molecule has 2 aliphatic carbocycles. The van der Waals surface area contributed by atoms with Gasteiger partial charge >= 0.3 is 0 Å². The molecule has 3 saturated heterocycles. The molecule has 4 aliphatic heterocycles. The lowest BCUT2D eigenvalue weighted by molar-refractivity contribution is -0.384. The normalized spacial score (nSPS) is 21.9. The highest BCUT2D eigenvalue weighted by Gasteiger charge is 2.50. The molecule has 11 rings (SSSR count). The Kier molecular flexibility index (Phi) is 10.9. The second-order valence-corrected chi connectivity index (χ2v) is 20.9. The lowest BCUT2D eigenvalue weighted by Gasteiger charge is -2.56. The number of alkyl halides is 1. The van der Waals surface area contributed by atoms with Crippen molar-refractivity contribution in [2.75, 3.05) is 67.7 Å². The van der Waals surface area contributed by atoms with Gasteiger partial charge in [-0.15, -0.1) is 0 Å². The van der Waals surface area contributed by atoms with E-state index in [1.54, 1.807) is 23.4 Å². The number of aromatic nitrogens is 2. The second kappa shape index (κ2) is 16.8. The molecule has 0 bridgehead atoms. The van der Waals surface area contributed by atoms with Crippen molar-refractivity contribution in [1.29, 1.82) is 0 Å². The Bertz CT molecular complexity index is 2790. The SMILES string of the molecule is O=C(NS(=O)(=O)c1ccc(NCC2(F)CCOCC2)c([N+](=O)[O-])c1)c1ccc(N2CCC3(CC2)CC(N2CCCC2c2ccccc2C2CC2)C3)cc1N1CCOc2nc3[nH]ccc3cc21. The topological polar surface area (TPSA) is 175 Å². The van der Waals surface area contributed by atoms with Crippen LogP contribution in [0.4, 0.5) is 32.8 Å². The number of aromatic amines is 1. The summed E-state index contributed by atoms with van der Waals surface area (Å²) in [6.07, 6.45) is 11.7. The minimum absolute atomic E-state index is 0.0333. The number of hydrogen-bond acceptors (Lipinski definition) is 12. The summed E-state index contributed by atoms with van der Waals surface area (Å²) >= 11 is 0. The van der Waals surface area contributed by atoms with Crippen LogP contribution in [-0.4, -0.2) is 98.4 Å². The first-order chi connectivity index (χ1) is 31.9. The molecule has 346 valence electrons. The van der Waals surface area contributed by atoms with E-state index < -0.39 is 37.1 Å². The molecule has 1 atom stereocenters. The Balaban J connectivity index is 0.831. The van der Waals surface area contributed by atoms with E-state index in [0.29, 0.717) is 46.9 Å². The van der Waals surface area contributed by atoms with Crippen LogP contribution in [0.1, 0.15) is 97.7 Å². The predicted octanol–water partition coefficient (Wildman–Crippen LogP) is 8.51. The number of carbonyl (C=O) groups is 1. The number of fused-ring (bicyclic) bond motifs is 2. The van der Waals surface area contributed by atoms with E-state index in [0.717, 1.165) is 49.0 Å². The third-order valence-corrected chi connectivity index (χ3v) is 16.5. The van der Waals surface area contributed by atoms with Crippen LogP contribution in [0.3, 0.4) is 0 Å². The predicted molar refractivity (Wildman–Crippen MR) is 249 cm³/mol. The number of nitro groups is 1. The molecule has 66 heavy (non-hydrogen) atoms. The average molecular weight is 919 g/mol. The van der Waals surface area contributed by atoms with E-state index in [2.05, 4.69) is 49.1 Å². The summed E-state index contributed by atoms with van der Waals surface area (Å²) in [5.41, 5.74) is 4.00. The third kappa shape index (κ3) is 8.12. The number of pyridine rings is 1. The zero-order valence-corrected chi connectivity index (χ0v) is 37.7. The number of halogens is 1. The van der Waals surface area contributed by atoms with E-state index in [1.165, 1.54) is 57.2 Å². The van der Waals surface area contributed by atoms with Crippen molar-refractivity contribution in [3.8, 4) is 5.88 Å². The van der Waals surface area contributed by atoms with E-state index in [4.69, 9.17) is 14.5 Å². The van der Waals surface area contributed by atoms with E-state index >= 15 is 4.39 Å². The smallest absolute Gasteiger partial charge is 0.293 e. The van der Waals surface area contributed by atoms with Gasteiger partial charge in [-0.1, -0.05) is 24.3 Å². The lowest BCUT2D eigenvalue weighted by Crippen LogP contribution is -2.55. The first-order valence-electron chi connectivity index (χ1n) is 23.4. The Morgan fingerprint density at radius 1 is 0.909 bits per heavy atom. The maximum absolute atomic E-state index is 15.3. The molecule has 5 aromatic rings. The molecule has 5 fully saturated rings. The Morgan fingerprint density at radius 3 is 2.47 bits per heavy atom. The summed E-state index contributed by atoms with van der Waals surface area (Å²) in [5, 5.41) is 15.8. The molecule has 17 heteroatoms. The van der Waals surface area contributed by atoms with E-state index in [-0.39, 0.29) is 50.5 Å². The number of nitro benzene ring substituents is 1. The maximum atomic E-state index is 15.3. The van der Waals surface area contributed by atoms with Crippen LogP contribution in [0.15, 0.2) is 83.9 Å². The molecule has 6 heterocycles. The number of hydrogen-bond donors (Lipinski definition) is 3. The third-order valence-electron chi connectivity index (χ3n) is 15.2. The summed E-state index contributed by atoms with van der Waals surface area (Å²) in [7, 11) is -4.63. The summed E-state index contributed by atoms with van der Waals surface area (Å²) < 4.78 is 56.6. The molecule has 2 aromatic heterocycles. The number of sulfonamides is 1. The Hall–Kier alpha value is -5.78. The monoisotopic (exact) mass is 918 g/mol. The number of nitrogens with one attached hydrogen (secondary N) is 3. The zero-order valence-electron chi connectivity index (χ0n) is 36.8. The fourth-order valence-electron chi connectivity index (χ4n) is 11.3. The summed E-state index contributed by atoms with van der Waals surface area (Å²) in [4.78, 5) is 40.2. The largest absolute Gasteiger partial charge is 0.474 e. The van der Waals surface area contributed by atoms with Crippen molar-refractivity contribution < 1.29 is 32.0 Å². The van der Waals surface area contributed by atoms with Gasteiger partial charge in [-0.2, -0.15) is 4.98 Å². The number of amides is 1. The summed E-state index contributed by atoms with van der Waals surface area (Å²) in [6, 6.07) is 22.9. The number of carbonyl (C=O) groups excluding carboxylic acids is 1. The molecule has 15 nitrogen and oxygen atoms in total. The van der Waals surface area contributed by atoms with Crippen LogP contribution < -0.4 is 24.6 Å². The molecule has 1 unspecified atom stereocenters. The number of likely N-dealkylation sites (tertiary alicyclic amines) is 1. The van der Waals surface area contributed by atoms with E-state index in [1.807, 2.05) is 29.2 Å². The molecule has 1 amide bonds. The molecule has 3 N–H and O–H groups in total. The maximum Gasteiger partial charge on any atom is 0.293 e. The number of ether oxygens (including phenoxy) is 2. The molecule has 1 spiro atoms. The number of piperidine rings is 1.